The van der Waals surface area contributed by atoms with Gasteiger partial charge in [-0.3, -0.25) is 4.79 Å². The van der Waals surface area contributed by atoms with Crippen LogP contribution in [0.25, 0.3) is 0 Å². The van der Waals surface area contributed by atoms with E-state index in [0.29, 0.717) is 12.2 Å². The Morgan fingerprint density at radius 2 is 1.36 bits per heavy atom. The van der Waals surface area contributed by atoms with E-state index in [-0.39, 0.29) is 5.92 Å². The molecule has 1 heteroatoms. The van der Waals surface area contributed by atoms with E-state index in [0.717, 1.165) is 18.8 Å². The number of benzene rings is 1. The lowest BCUT2D eigenvalue weighted by Crippen LogP contribution is -2.06. The van der Waals surface area contributed by atoms with Crippen molar-refractivity contribution in [2.75, 3.05) is 0 Å². The lowest BCUT2D eigenvalue weighted by atomic mass is 10.0. The number of aryl methyl sites for hydroxylation is 3. The molecule has 0 saturated heterocycles. The Kier molecular flexibility index (Phi) is 31.8. The van der Waals surface area contributed by atoms with Crippen molar-refractivity contribution in [3.05, 3.63) is 34.9 Å². The summed E-state index contributed by atoms with van der Waals surface area (Å²) in [6, 6.07) is 6.64. The summed E-state index contributed by atoms with van der Waals surface area (Å²) in [5.41, 5.74) is 4.22. The number of carbonyl (C=O) groups excluding carboxylic acids is 1. The second-order valence-electron chi connectivity index (χ2n) is 7.08. The van der Waals surface area contributed by atoms with Crippen molar-refractivity contribution >= 4 is 5.78 Å². The molecule has 0 aliphatic carbocycles. The minimum Gasteiger partial charge on any atom is -0.299 e. The Balaban J connectivity index is -0.000000145. The van der Waals surface area contributed by atoms with Crippen LogP contribution in [0.4, 0.5) is 0 Å². The molecule has 0 N–H and O–H groups in total. The third kappa shape index (κ3) is 22.9. The zero-order valence-electron chi connectivity index (χ0n) is 21.8. The Hall–Kier alpha value is -1.11. The molecule has 1 rings (SSSR count). The normalized spacial score (nSPS) is 9.93. The first kappa shape index (κ1) is 34.4. The topological polar surface area (TPSA) is 17.1 Å². The van der Waals surface area contributed by atoms with E-state index in [4.69, 9.17) is 0 Å². The molecule has 0 spiro atoms. The van der Waals surface area contributed by atoms with Gasteiger partial charge in [-0.25, -0.2) is 0 Å². The van der Waals surface area contributed by atoms with Crippen molar-refractivity contribution in [1.82, 2.24) is 0 Å². The molecule has 1 unspecified atom stereocenters. The van der Waals surface area contributed by atoms with Gasteiger partial charge in [-0.05, 0) is 49.3 Å². The minimum absolute atomic E-state index is 0.278. The average Bonchev–Trinajstić information content (AvgIpc) is 2.72. The van der Waals surface area contributed by atoms with Gasteiger partial charge in [-0.2, -0.15) is 0 Å². The first-order valence-electron chi connectivity index (χ1n) is 11.8. The number of hydrogen-bond acceptors (Lipinski definition) is 1. The van der Waals surface area contributed by atoms with Crippen molar-refractivity contribution < 1.29 is 4.79 Å². The quantitative estimate of drug-likeness (QED) is 0.469. The number of ketones is 1. The first-order valence-corrected chi connectivity index (χ1v) is 11.8. The van der Waals surface area contributed by atoms with E-state index in [1.165, 1.54) is 29.5 Å². The highest BCUT2D eigenvalue weighted by Gasteiger charge is 2.05. The molecule has 0 radical (unpaired) electrons. The summed E-state index contributed by atoms with van der Waals surface area (Å²) in [5.74, 6) is 1.56. The van der Waals surface area contributed by atoms with Gasteiger partial charge in [-0.15, -0.1) is 0 Å². The van der Waals surface area contributed by atoms with Crippen LogP contribution in [0, 0.1) is 25.7 Å². The molecule has 1 nitrogen and oxygen atoms in total. The zero-order chi connectivity index (χ0) is 23.1. The summed E-state index contributed by atoms with van der Waals surface area (Å²) in [4.78, 5) is 10.7. The maximum absolute atomic E-state index is 10.7. The molecular weight excluding hydrogens is 340 g/mol. The molecule has 1 aromatic carbocycles. The molecule has 0 amide bonds. The predicted octanol–water partition coefficient (Wildman–Crippen LogP) is 9.37. The molecule has 28 heavy (non-hydrogen) atoms. The van der Waals surface area contributed by atoms with E-state index in [2.05, 4.69) is 59.7 Å². The molecule has 0 bridgehead atoms. The Morgan fingerprint density at radius 1 is 0.857 bits per heavy atom. The van der Waals surface area contributed by atoms with Crippen LogP contribution in [-0.2, 0) is 11.2 Å². The van der Waals surface area contributed by atoms with Crippen molar-refractivity contribution in [3.8, 4) is 0 Å². The van der Waals surface area contributed by atoms with Gasteiger partial charge in [0.05, 0.1) is 0 Å². The summed E-state index contributed by atoms with van der Waals surface area (Å²) in [6.45, 7) is 27.2. The summed E-state index contributed by atoms with van der Waals surface area (Å²) in [7, 11) is 0. The fourth-order valence-electron chi connectivity index (χ4n) is 2.18. The maximum atomic E-state index is 10.7. The third-order valence-corrected chi connectivity index (χ3v) is 4.36. The fourth-order valence-corrected chi connectivity index (χ4v) is 2.18. The second kappa shape index (κ2) is 25.9. The monoisotopic (exact) mass is 394 g/mol. The number of rotatable bonds is 6. The Labute approximate surface area is 179 Å². The van der Waals surface area contributed by atoms with Gasteiger partial charge in [0.15, 0.2) is 0 Å². The molecule has 0 aromatic heterocycles. The van der Waals surface area contributed by atoms with Crippen LogP contribution >= 0.6 is 0 Å². The van der Waals surface area contributed by atoms with Crippen LogP contribution in [0.15, 0.2) is 18.2 Å². The van der Waals surface area contributed by atoms with Gasteiger partial charge in [0.1, 0.15) is 5.78 Å². The first-order chi connectivity index (χ1) is 13.2. The average molecular weight is 395 g/mol. The number of Topliss-reactive ketones (excluding diaryl/α,β-unsaturated/α-hetero) is 1. The number of carbonyl (C=O) groups is 1. The lowest BCUT2D eigenvalue weighted by Gasteiger charge is -2.02. The highest BCUT2D eigenvalue weighted by Crippen LogP contribution is 2.09. The summed E-state index contributed by atoms with van der Waals surface area (Å²) in [6.07, 6.45) is 5.51. The van der Waals surface area contributed by atoms with E-state index >= 15 is 0 Å². The van der Waals surface area contributed by atoms with E-state index in [9.17, 15) is 4.79 Å². The maximum Gasteiger partial charge on any atom is 0.135 e. The van der Waals surface area contributed by atoms with Gasteiger partial charge >= 0.3 is 0 Å². The van der Waals surface area contributed by atoms with E-state index < -0.39 is 0 Å². The van der Waals surface area contributed by atoms with Crippen LogP contribution < -0.4 is 0 Å². The molecule has 0 aliphatic rings. The van der Waals surface area contributed by atoms with Crippen LogP contribution in [0.1, 0.15) is 119 Å². The van der Waals surface area contributed by atoms with Gasteiger partial charge in [-0.1, -0.05) is 107 Å². The van der Waals surface area contributed by atoms with E-state index in [1.807, 2.05) is 48.5 Å². The van der Waals surface area contributed by atoms with E-state index in [1.54, 1.807) is 0 Å². The zero-order valence-corrected chi connectivity index (χ0v) is 21.8. The third-order valence-electron chi connectivity index (χ3n) is 4.36. The van der Waals surface area contributed by atoms with Gasteiger partial charge in [0.2, 0.25) is 0 Å². The number of hydrogen-bond donors (Lipinski definition) is 0. The Morgan fingerprint density at radius 3 is 1.57 bits per heavy atom. The molecule has 1 aromatic rings. The summed E-state index contributed by atoms with van der Waals surface area (Å²) >= 11 is 0. The van der Waals surface area contributed by atoms with Crippen LogP contribution in [-0.4, -0.2) is 5.78 Å². The highest BCUT2D eigenvalue weighted by atomic mass is 16.1. The lowest BCUT2D eigenvalue weighted by molar-refractivity contribution is -0.122. The fraction of sp³-hybridized carbons (Fsp3) is 0.741. The SMILES string of the molecule is CC.CC.CCC(=O)C(C)CC.CCCC(C)C.CCc1ccc(C)c(C)c1. The minimum atomic E-state index is 0.278. The molecule has 0 aliphatic heterocycles. The second-order valence-corrected chi connectivity index (χ2v) is 7.08. The van der Waals surface area contributed by atoms with Crippen molar-refractivity contribution in [3.63, 3.8) is 0 Å². The summed E-state index contributed by atoms with van der Waals surface area (Å²) in [5, 5.41) is 0. The standard InChI is InChI=1S/C10H14.C7H14O.C6H14.2C2H6/c1-4-10-6-5-8(2)9(3)7-10;1-4-6(3)7(8)5-2;1-4-5-6(2)3;2*1-2/h5-7H,4H2,1-3H3;6H,4-5H2,1-3H3;6H,4-5H2,1-3H3;2*1-2H3. The van der Waals surface area contributed by atoms with Gasteiger partial charge < -0.3 is 0 Å². The molecule has 168 valence electrons. The van der Waals surface area contributed by atoms with Crippen molar-refractivity contribution in [2.45, 2.75) is 122 Å². The summed E-state index contributed by atoms with van der Waals surface area (Å²) < 4.78 is 0. The molecule has 0 heterocycles. The van der Waals surface area contributed by atoms with Crippen molar-refractivity contribution in [2.24, 2.45) is 11.8 Å². The highest BCUT2D eigenvalue weighted by molar-refractivity contribution is 5.80. The van der Waals surface area contributed by atoms with Crippen LogP contribution in [0.5, 0.6) is 0 Å². The van der Waals surface area contributed by atoms with Crippen LogP contribution in [0.2, 0.25) is 0 Å². The molecule has 0 saturated carbocycles. The Bertz CT molecular complexity index is 432. The van der Waals surface area contributed by atoms with Gasteiger partial charge in [0, 0.05) is 12.3 Å². The molecular formula is C27H54O. The van der Waals surface area contributed by atoms with Gasteiger partial charge in [0.25, 0.3) is 0 Å². The predicted molar refractivity (Wildman–Crippen MR) is 132 cm³/mol. The van der Waals surface area contributed by atoms with Crippen molar-refractivity contribution in [1.29, 1.82) is 0 Å². The molecule has 1 atom stereocenters. The largest absolute Gasteiger partial charge is 0.299 e. The van der Waals surface area contributed by atoms with Crippen LogP contribution in [0.3, 0.4) is 0 Å². The molecule has 0 fully saturated rings. The smallest absolute Gasteiger partial charge is 0.135 e.